The number of nitrogens with two attached hydrogens (primary N) is 1. The number of nitriles is 1. The third kappa shape index (κ3) is 14.5. The van der Waals surface area contributed by atoms with Crippen molar-refractivity contribution >= 4 is 31.8 Å². The number of primary sulfonamides is 1. The zero-order valence-electron chi connectivity index (χ0n) is 37.9. The Morgan fingerprint density at radius 1 is 0.750 bits per heavy atom. The maximum atomic E-state index is 14.3. The Labute approximate surface area is 377 Å². The molecule has 0 saturated carbocycles. The van der Waals surface area contributed by atoms with Gasteiger partial charge in [0.15, 0.2) is 5.75 Å². The van der Waals surface area contributed by atoms with Gasteiger partial charge in [0.05, 0.1) is 16.2 Å². The van der Waals surface area contributed by atoms with Gasteiger partial charge in [-0.2, -0.15) is 0 Å². The predicted octanol–water partition coefficient (Wildman–Crippen LogP) is 8.35. The molecule has 14 nitrogen and oxygen atoms in total. The van der Waals surface area contributed by atoms with Crippen LogP contribution in [0.15, 0.2) is 73.3 Å². The van der Waals surface area contributed by atoms with Crippen LogP contribution in [0.3, 0.4) is 0 Å². The van der Waals surface area contributed by atoms with Gasteiger partial charge >= 0.3 is 6.03 Å². The number of urea groups is 1. The molecule has 0 atom stereocenters. The van der Waals surface area contributed by atoms with E-state index in [0.717, 1.165) is 13.1 Å². The molecule has 4 heterocycles. The number of hydrogen-bond donors (Lipinski definition) is 3. The number of amides is 2. The molecule has 2 fully saturated rings. The van der Waals surface area contributed by atoms with Gasteiger partial charge in [-0.25, -0.2) is 40.3 Å². The second kappa shape index (κ2) is 23.2. The first-order valence-electron chi connectivity index (χ1n) is 21.5. The van der Waals surface area contributed by atoms with Gasteiger partial charge in [-0.1, -0.05) is 39.8 Å². The van der Waals surface area contributed by atoms with Crippen molar-refractivity contribution in [2.75, 3.05) is 31.5 Å². The summed E-state index contributed by atoms with van der Waals surface area (Å²) in [5.41, 5.74) is 3.93. The van der Waals surface area contributed by atoms with Crippen LogP contribution in [0.25, 0.3) is 22.3 Å². The number of aromatic nitrogens is 2. The van der Waals surface area contributed by atoms with Gasteiger partial charge in [-0.15, -0.1) is 5.26 Å². The Bertz CT molecular complexity index is 2420. The van der Waals surface area contributed by atoms with Gasteiger partial charge in [0.1, 0.15) is 11.6 Å². The van der Waals surface area contributed by atoms with Crippen molar-refractivity contribution in [3.63, 3.8) is 0 Å². The average Bonchev–Trinajstić information content (AvgIpc) is 3.25. The second-order valence-corrected chi connectivity index (χ2v) is 20.9. The van der Waals surface area contributed by atoms with E-state index in [9.17, 15) is 30.4 Å². The molecule has 18 heteroatoms. The number of halogens is 2. The third-order valence-corrected chi connectivity index (χ3v) is 14.6. The van der Waals surface area contributed by atoms with E-state index < -0.39 is 37.1 Å². The molecule has 2 aliphatic rings. The van der Waals surface area contributed by atoms with E-state index in [1.54, 1.807) is 55.3 Å². The van der Waals surface area contributed by atoms with Gasteiger partial charge in [0.2, 0.25) is 20.0 Å². The van der Waals surface area contributed by atoms with Gasteiger partial charge < -0.3 is 19.9 Å². The van der Waals surface area contributed by atoms with E-state index in [1.165, 1.54) is 24.3 Å². The minimum atomic E-state index is -3.85. The molecule has 0 unspecified atom stereocenters. The van der Waals surface area contributed by atoms with E-state index in [-0.39, 0.29) is 22.9 Å². The summed E-state index contributed by atoms with van der Waals surface area (Å²) in [6.07, 6.45) is 10.4. The van der Waals surface area contributed by atoms with E-state index in [2.05, 4.69) is 57.5 Å². The van der Waals surface area contributed by atoms with Gasteiger partial charge in [0, 0.05) is 64.7 Å². The van der Waals surface area contributed by atoms with E-state index >= 15 is 0 Å². The number of carbonyl (C=O) groups excluding carboxylic acids is 1. The summed E-state index contributed by atoms with van der Waals surface area (Å²) in [6, 6.07) is 12.5. The number of sulfonamides is 2. The summed E-state index contributed by atoms with van der Waals surface area (Å²) >= 11 is 0. The minimum absolute atomic E-state index is 0.0504. The van der Waals surface area contributed by atoms with Crippen LogP contribution < -0.4 is 19.9 Å². The van der Waals surface area contributed by atoms with Crippen molar-refractivity contribution in [1.29, 1.82) is 5.26 Å². The van der Waals surface area contributed by atoms with Crippen LogP contribution in [0, 0.1) is 23.2 Å². The lowest BCUT2D eigenvalue weighted by atomic mass is 9.94. The highest BCUT2D eigenvalue weighted by molar-refractivity contribution is 7.90. The van der Waals surface area contributed by atoms with E-state index in [1.807, 2.05) is 27.7 Å². The van der Waals surface area contributed by atoms with E-state index in [4.69, 9.17) is 15.1 Å². The first-order valence-corrected chi connectivity index (χ1v) is 24.6. The van der Waals surface area contributed by atoms with Crippen LogP contribution in [0.1, 0.15) is 104 Å². The molecule has 2 aromatic carbocycles. The standard InChI is InChI=1S/C23H31FN4O3S.C15H13FN2O.C8H18N2O2S/c1-15(2)20-12-18(24)13-21(17-6-5-9-25-14-17)22(20)26-23(29)27-32(30,31)19-7-10-28(11-8-19)16(3)4;1-10(2)13-6-12(16)7-14(15(13)19-9-17)11-4-3-5-18-8-11;1-7(2)10-5-3-8(4-6-10)13(9,11)12/h5-6,9,12-16,19H,7-8,10-11H2,1-4H3,(H2,26,27,29);3-8,10H,1-2H3;7-8H,3-6H2,1-2H3,(H2,9,11,12). The van der Waals surface area contributed by atoms with Crippen LogP contribution in [0.4, 0.5) is 19.3 Å². The number of rotatable bonds is 11. The number of anilines is 1. The number of nitrogens with one attached hydrogen (secondary N) is 2. The summed E-state index contributed by atoms with van der Waals surface area (Å²) < 4.78 is 83.0. The molecule has 2 aromatic heterocycles. The zero-order valence-corrected chi connectivity index (χ0v) is 39.5. The number of benzene rings is 2. The van der Waals surface area contributed by atoms with Crippen molar-refractivity contribution in [2.24, 2.45) is 5.14 Å². The highest BCUT2D eigenvalue weighted by Gasteiger charge is 2.33. The fourth-order valence-corrected chi connectivity index (χ4v) is 9.86. The number of carbonyl (C=O) groups is 1. The summed E-state index contributed by atoms with van der Waals surface area (Å²) in [5, 5.41) is 15.6. The average molecular weight is 925 g/mol. The summed E-state index contributed by atoms with van der Waals surface area (Å²) in [4.78, 5) is 25.3. The fraction of sp³-hybridized carbons (Fsp3) is 0.478. The molecule has 2 saturated heterocycles. The number of likely N-dealkylation sites (tertiary alicyclic amines) is 2. The fourth-order valence-electron chi connectivity index (χ4n) is 7.69. The highest BCUT2D eigenvalue weighted by atomic mass is 32.2. The van der Waals surface area contributed by atoms with Crippen LogP contribution >= 0.6 is 0 Å². The smallest absolute Gasteiger partial charge is 0.332 e. The molecule has 348 valence electrons. The molecule has 2 aliphatic heterocycles. The monoisotopic (exact) mass is 924 g/mol. The molecule has 2 amide bonds. The number of nitrogens with zero attached hydrogens (tertiary/aromatic N) is 5. The third-order valence-electron chi connectivity index (χ3n) is 11.3. The van der Waals surface area contributed by atoms with Crippen molar-refractivity contribution in [2.45, 2.75) is 115 Å². The molecular weight excluding hydrogens is 863 g/mol. The largest absolute Gasteiger partial charge is 0.387 e. The molecule has 0 aliphatic carbocycles. The molecule has 64 heavy (non-hydrogen) atoms. The molecule has 4 N–H and O–H groups in total. The van der Waals surface area contributed by atoms with Crippen molar-refractivity contribution in [3.05, 3.63) is 96.1 Å². The summed E-state index contributed by atoms with van der Waals surface area (Å²) in [7, 11) is -7.15. The lowest BCUT2D eigenvalue weighted by Gasteiger charge is -2.34. The van der Waals surface area contributed by atoms with Crippen LogP contribution in [-0.2, 0) is 20.0 Å². The summed E-state index contributed by atoms with van der Waals surface area (Å²) in [5.74, 6) is -0.453. The van der Waals surface area contributed by atoms with Gasteiger partial charge in [-0.05, 0) is 133 Å². The molecule has 0 radical (unpaired) electrons. The molecule has 4 aromatic rings. The van der Waals surface area contributed by atoms with Crippen molar-refractivity contribution in [3.8, 4) is 34.3 Å². The normalized spacial score (nSPS) is 15.5. The number of hydrogen-bond acceptors (Lipinski definition) is 11. The predicted molar refractivity (Wildman–Crippen MR) is 247 cm³/mol. The Kier molecular flexibility index (Phi) is 18.7. The number of ether oxygens (including phenoxy) is 1. The Hall–Kier alpha value is -5.06. The first kappa shape index (κ1) is 51.6. The minimum Gasteiger partial charge on any atom is -0.387 e. The molecule has 0 spiro atoms. The number of piperidine rings is 2. The van der Waals surface area contributed by atoms with Crippen molar-refractivity contribution in [1.82, 2.24) is 24.5 Å². The van der Waals surface area contributed by atoms with Gasteiger partial charge in [-0.3, -0.25) is 9.97 Å². The maximum absolute atomic E-state index is 14.3. The van der Waals surface area contributed by atoms with Crippen molar-refractivity contribution < 1.29 is 35.1 Å². The Morgan fingerprint density at radius 3 is 1.62 bits per heavy atom. The SMILES string of the molecule is CC(C)N1CCC(S(N)(=O)=O)CC1.CC(C)c1cc(F)cc(-c2cccnc2)c1NC(=O)NS(=O)(=O)C1CCN(C(C)C)CC1.CC(C)c1cc(F)cc(-c2cccnc2)c1OC#N. The Morgan fingerprint density at radius 2 is 1.20 bits per heavy atom. The van der Waals surface area contributed by atoms with Crippen LogP contribution in [0.2, 0.25) is 0 Å². The van der Waals surface area contributed by atoms with Gasteiger partial charge in [0.25, 0.3) is 6.26 Å². The van der Waals surface area contributed by atoms with Crippen LogP contribution in [0.5, 0.6) is 5.75 Å². The second-order valence-electron chi connectivity index (χ2n) is 17.1. The Balaban J connectivity index is 0.000000236. The van der Waals surface area contributed by atoms with E-state index in [0.29, 0.717) is 95.7 Å². The lowest BCUT2D eigenvalue weighted by molar-refractivity contribution is 0.186. The summed E-state index contributed by atoms with van der Waals surface area (Å²) in [6.45, 7) is 19.0. The molecule has 6 rings (SSSR count). The van der Waals surface area contributed by atoms with Crippen LogP contribution in [-0.4, -0.2) is 91.4 Å². The maximum Gasteiger partial charge on any atom is 0.332 e. The molecular formula is C46H62F2N8O6S2. The lowest BCUT2D eigenvalue weighted by Crippen LogP contribution is -2.47. The zero-order chi connectivity index (χ0) is 47.4. The molecule has 0 bridgehead atoms. The first-order chi connectivity index (χ1) is 30.1. The topological polar surface area (TPSA) is 201 Å². The quantitative estimate of drug-likeness (QED) is 0.122. The number of pyridine rings is 2. The highest BCUT2D eigenvalue weighted by Crippen LogP contribution is 2.38.